The van der Waals surface area contributed by atoms with Crippen molar-refractivity contribution >= 4 is 26.9 Å². The van der Waals surface area contributed by atoms with E-state index in [1.54, 1.807) is 11.4 Å². The fourth-order valence-electron chi connectivity index (χ4n) is 7.27. The van der Waals surface area contributed by atoms with Crippen LogP contribution in [0.4, 0.5) is 5.95 Å². The van der Waals surface area contributed by atoms with Gasteiger partial charge in [0.15, 0.2) is 0 Å². The Labute approximate surface area is 232 Å². The fourth-order valence-corrected chi connectivity index (χ4v) is 9.18. The molecule has 3 aliphatic carbocycles. The summed E-state index contributed by atoms with van der Waals surface area (Å²) in [5.74, 6) is 2.39. The van der Waals surface area contributed by atoms with Crippen LogP contribution in [0.2, 0.25) is 0 Å². The Hall–Kier alpha value is -1.88. The monoisotopic (exact) mass is 554 g/mol. The Morgan fingerprint density at radius 1 is 1.05 bits per heavy atom. The molecule has 7 rings (SSSR count). The van der Waals surface area contributed by atoms with Crippen molar-refractivity contribution in [3.63, 3.8) is 0 Å². The number of sulfonamides is 1. The first-order valence-corrected chi connectivity index (χ1v) is 16.6. The van der Waals surface area contributed by atoms with Crippen LogP contribution in [0.15, 0.2) is 12.3 Å². The van der Waals surface area contributed by atoms with Crippen molar-refractivity contribution in [1.29, 1.82) is 0 Å². The first-order chi connectivity index (χ1) is 18.9. The zero-order chi connectivity index (χ0) is 26.6. The Balaban J connectivity index is 1.03. The molecule has 0 aromatic carbocycles. The lowest BCUT2D eigenvalue weighted by Crippen LogP contribution is -2.62. The molecule has 5 aliphatic rings. The third kappa shape index (κ3) is 5.29. The predicted octanol–water partition coefficient (Wildman–Crippen LogP) is 3.73. The third-order valence-corrected chi connectivity index (χ3v) is 12.0. The van der Waals surface area contributed by atoms with E-state index in [4.69, 9.17) is 14.7 Å². The Morgan fingerprint density at radius 3 is 2.49 bits per heavy atom. The summed E-state index contributed by atoms with van der Waals surface area (Å²) in [6.07, 6.45) is 11.7. The minimum Gasteiger partial charge on any atom is -0.383 e. The Morgan fingerprint density at radius 2 is 1.82 bits per heavy atom. The number of piperidine rings is 1. The summed E-state index contributed by atoms with van der Waals surface area (Å²) in [4.78, 5) is 17.4. The topological polar surface area (TPSA) is 101 Å². The van der Waals surface area contributed by atoms with E-state index in [1.165, 1.54) is 50.9 Å². The minimum absolute atomic E-state index is 0.180. The van der Waals surface area contributed by atoms with Gasteiger partial charge >= 0.3 is 0 Å². The van der Waals surface area contributed by atoms with Crippen LogP contribution in [0.1, 0.15) is 81.0 Å². The molecule has 2 aromatic heterocycles. The number of pyridine rings is 1. The van der Waals surface area contributed by atoms with Gasteiger partial charge in [-0.2, -0.15) is 0 Å². The highest BCUT2D eigenvalue weighted by molar-refractivity contribution is 7.89. The van der Waals surface area contributed by atoms with Gasteiger partial charge in [0.2, 0.25) is 16.0 Å². The van der Waals surface area contributed by atoms with Crippen molar-refractivity contribution in [3.05, 3.63) is 23.7 Å². The number of likely N-dealkylation sites (tertiary alicyclic amines) is 1. The van der Waals surface area contributed by atoms with E-state index in [9.17, 15) is 8.42 Å². The number of hydrogen-bond acceptors (Lipinski definition) is 8. The number of fused-ring (bicyclic) bond motifs is 1. The average molecular weight is 555 g/mol. The number of methoxy groups -OCH3 is 1. The maximum Gasteiger partial charge on any atom is 0.223 e. The maximum absolute atomic E-state index is 12.8. The molecule has 39 heavy (non-hydrogen) atoms. The molecule has 0 amide bonds. The van der Waals surface area contributed by atoms with E-state index < -0.39 is 10.0 Å². The number of anilines is 1. The van der Waals surface area contributed by atoms with Crippen molar-refractivity contribution in [1.82, 2.24) is 24.2 Å². The zero-order valence-electron chi connectivity index (χ0n) is 23.1. The summed E-state index contributed by atoms with van der Waals surface area (Å²) in [6, 6.07) is 2.38. The largest absolute Gasteiger partial charge is 0.383 e. The molecule has 2 aliphatic heterocycles. The number of nitrogens with one attached hydrogen (secondary N) is 1. The molecule has 2 saturated heterocycles. The summed E-state index contributed by atoms with van der Waals surface area (Å²) in [5, 5.41) is 4.63. The molecule has 0 radical (unpaired) electrons. The van der Waals surface area contributed by atoms with Crippen LogP contribution < -0.4 is 5.32 Å². The Kier molecular flexibility index (Phi) is 6.81. The van der Waals surface area contributed by atoms with E-state index in [2.05, 4.69) is 21.3 Å². The van der Waals surface area contributed by atoms with Crippen LogP contribution in [0, 0.1) is 11.3 Å². The second kappa shape index (κ2) is 10.2. The lowest BCUT2D eigenvalue weighted by Gasteiger charge is -2.59. The van der Waals surface area contributed by atoms with Crippen LogP contribution in [0.5, 0.6) is 0 Å². The minimum atomic E-state index is -3.14. The second-order valence-corrected chi connectivity index (χ2v) is 15.1. The average Bonchev–Trinajstić information content (AvgIpc) is 3.70. The van der Waals surface area contributed by atoms with Gasteiger partial charge < -0.3 is 10.1 Å². The molecule has 0 atom stereocenters. The zero-order valence-corrected chi connectivity index (χ0v) is 24.0. The molecule has 3 saturated carbocycles. The molecule has 1 N–H and O–H groups in total. The van der Waals surface area contributed by atoms with E-state index in [1.807, 2.05) is 6.20 Å². The number of aromatic nitrogens is 3. The summed E-state index contributed by atoms with van der Waals surface area (Å²) >= 11 is 0. The molecule has 5 fully saturated rings. The van der Waals surface area contributed by atoms with E-state index in [0.29, 0.717) is 48.0 Å². The lowest BCUT2D eigenvalue weighted by atomic mass is 9.56. The third-order valence-electron chi connectivity index (χ3n) is 9.94. The molecule has 1 spiro atoms. The Bertz CT molecular complexity index is 1310. The van der Waals surface area contributed by atoms with E-state index in [0.717, 1.165) is 55.4 Å². The van der Waals surface area contributed by atoms with Crippen molar-refractivity contribution in [3.8, 4) is 0 Å². The highest BCUT2D eigenvalue weighted by Gasteiger charge is 2.53. The summed E-state index contributed by atoms with van der Waals surface area (Å²) in [6.45, 7) is 5.31. The smallest absolute Gasteiger partial charge is 0.223 e. The van der Waals surface area contributed by atoms with Crippen LogP contribution in [0.25, 0.3) is 10.9 Å². The van der Waals surface area contributed by atoms with E-state index >= 15 is 0 Å². The molecule has 2 aromatic rings. The van der Waals surface area contributed by atoms with Crippen molar-refractivity contribution in [2.24, 2.45) is 11.3 Å². The first kappa shape index (κ1) is 26.0. The molecule has 212 valence electrons. The van der Waals surface area contributed by atoms with Crippen molar-refractivity contribution < 1.29 is 13.2 Å². The molecule has 0 bridgehead atoms. The predicted molar refractivity (Wildman–Crippen MR) is 151 cm³/mol. The number of nitrogens with zero attached hydrogens (tertiary/aromatic N) is 5. The van der Waals surface area contributed by atoms with Gasteiger partial charge in [-0.1, -0.05) is 6.42 Å². The molecular weight excluding hydrogens is 512 g/mol. The summed E-state index contributed by atoms with van der Waals surface area (Å²) in [5.41, 5.74) is 3.82. The van der Waals surface area contributed by atoms with Crippen LogP contribution in [-0.4, -0.2) is 90.8 Å². The molecule has 10 heteroatoms. The summed E-state index contributed by atoms with van der Waals surface area (Å²) in [7, 11) is -1.37. The number of hydrogen-bond donors (Lipinski definition) is 1. The quantitative estimate of drug-likeness (QED) is 0.474. The molecule has 4 heterocycles. The summed E-state index contributed by atoms with van der Waals surface area (Å²) < 4.78 is 32.6. The standard InChI is InChI=1S/C29H42N6O3S/c1-38-12-11-34-18-29(19-34)14-23(15-29)27-26-22(13-25(32-27)21-5-6-21)16-30-28(33-26)31-24-7-9-35(10-8-24)39(36,37)17-20-3-2-4-20/h13,16,20-21,23-24H,2-12,14-15,17-19H2,1H3,(H,30,31,33). The highest BCUT2D eigenvalue weighted by atomic mass is 32.2. The van der Waals surface area contributed by atoms with E-state index in [-0.39, 0.29) is 6.04 Å². The van der Waals surface area contributed by atoms with Gasteiger partial charge in [0.05, 0.1) is 23.6 Å². The fraction of sp³-hybridized carbons (Fsp3) is 0.759. The van der Waals surface area contributed by atoms with Gasteiger partial charge in [-0.15, -0.1) is 0 Å². The lowest BCUT2D eigenvalue weighted by molar-refractivity contribution is -0.0799. The van der Waals surface area contributed by atoms with Gasteiger partial charge in [-0.25, -0.2) is 22.7 Å². The maximum atomic E-state index is 12.8. The molecule has 9 nitrogen and oxygen atoms in total. The number of rotatable bonds is 10. The highest BCUT2D eigenvalue weighted by Crippen LogP contribution is 2.56. The van der Waals surface area contributed by atoms with Crippen LogP contribution >= 0.6 is 0 Å². The van der Waals surface area contributed by atoms with Crippen LogP contribution in [0.3, 0.4) is 0 Å². The SMILES string of the molecule is COCCN1CC2(CC(c3nc(C4CC4)cc4cnc(NC5CCN(S(=O)(=O)CC6CCC6)CC5)nc34)C2)C1. The first-order valence-electron chi connectivity index (χ1n) is 15.0. The molecule has 0 unspecified atom stereocenters. The van der Waals surface area contributed by atoms with Gasteiger partial charge in [-0.3, -0.25) is 9.88 Å². The second-order valence-electron chi connectivity index (χ2n) is 13.0. The van der Waals surface area contributed by atoms with Crippen LogP contribution in [-0.2, 0) is 14.8 Å². The normalized spacial score (nSPS) is 24.9. The number of ether oxygens (including phenoxy) is 1. The van der Waals surface area contributed by atoms with Crippen molar-refractivity contribution in [2.75, 3.05) is 57.5 Å². The molecular formula is C29H42N6O3S. The van der Waals surface area contributed by atoms with Gasteiger partial charge in [0, 0.05) is 75.0 Å². The van der Waals surface area contributed by atoms with Gasteiger partial charge in [0.25, 0.3) is 0 Å². The van der Waals surface area contributed by atoms with Gasteiger partial charge in [-0.05, 0) is 68.8 Å². The van der Waals surface area contributed by atoms with Crippen molar-refractivity contribution in [2.45, 2.75) is 75.7 Å². The van der Waals surface area contributed by atoms with Gasteiger partial charge in [0.1, 0.15) is 0 Å².